The Morgan fingerprint density at radius 1 is 1.03 bits per heavy atom. The molecule has 0 bridgehead atoms. The van der Waals surface area contributed by atoms with Gasteiger partial charge < -0.3 is 15.4 Å². The third-order valence-corrected chi connectivity index (χ3v) is 4.82. The quantitative estimate of drug-likeness (QED) is 0.549. The van der Waals surface area contributed by atoms with E-state index in [0.717, 1.165) is 24.0 Å². The molecule has 0 heterocycles. The zero-order valence-electron chi connectivity index (χ0n) is 17.2. The number of ether oxygens (including phenoxy) is 1. The monoisotopic (exact) mass is 410 g/mol. The Morgan fingerprint density at radius 3 is 2.50 bits per heavy atom. The van der Waals surface area contributed by atoms with Gasteiger partial charge >= 0.3 is 6.03 Å². The van der Waals surface area contributed by atoms with Crippen LogP contribution in [0, 0.1) is 13.8 Å². The lowest BCUT2D eigenvalue weighted by atomic mass is 10.1. The van der Waals surface area contributed by atoms with Crippen molar-refractivity contribution in [3.05, 3.63) is 59.2 Å². The van der Waals surface area contributed by atoms with Crippen LogP contribution in [0.3, 0.4) is 0 Å². The summed E-state index contributed by atoms with van der Waals surface area (Å²) in [7, 11) is 0. The molecule has 0 aromatic heterocycles. The van der Waals surface area contributed by atoms with Crippen molar-refractivity contribution in [3.63, 3.8) is 0 Å². The van der Waals surface area contributed by atoms with Crippen LogP contribution in [0.15, 0.2) is 42.5 Å². The molecule has 2 aromatic rings. The van der Waals surface area contributed by atoms with Crippen LogP contribution in [0.1, 0.15) is 41.3 Å². The normalized spacial score (nSPS) is 13.7. The highest BCUT2D eigenvalue weighted by Gasteiger charge is 2.23. The first kappa shape index (κ1) is 21.2. The summed E-state index contributed by atoms with van der Waals surface area (Å²) < 4.78 is 5.71. The molecule has 0 saturated heterocycles. The highest BCUT2D eigenvalue weighted by molar-refractivity contribution is 5.98. The number of anilines is 1. The molecule has 0 radical (unpaired) electrons. The van der Waals surface area contributed by atoms with E-state index in [0.29, 0.717) is 17.0 Å². The summed E-state index contributed by atoms with van der Waals surface area (Å²) in [5, 5.41) is 5.50. The molecule has 158 valence electrons. The van der Waals surface area contributed by atoms with Gasteiger partial charge in [0.25, 0.3) is 11.8 Å². The largest absolute Gasteiger partial charge is 0.481 e. The molecule has 1 aliphatic carbocycles. The predicted octanol–water partition coefficient (Wildman–Crippen LogP) is 2.82. The highest BCUT2D eigenvalue weighted by atomic mass is 16.5. The fourth-order valence-corrected chi connectivity index (χ4v) is 2.71. The molecule has 4 N–H and O–H groups in total. The predicted molar refractivity (Wildman–Crippen MR) is 113 cm³/mol. The van der Waals surface area contributed by atoms with Crippen molar-refractivity contribution < 1.29 is 19.1 Å². The molecule has 1 atom stereocenters. The maximum atomic E-state index is 12.4. The lowest BCUT2D eigenvalue weighted by Gasteiger charge is -2.17. The molecule has 1 unspecified atom stereocenters. The van der Waals surface area contributed by atoms with E-state index >= 15 is 0 Å². The van der Waals surface area contributed by atoms with Crippen LogP contribution in [0.5, 0.6) is 5.75 Å². The number of urea groups is 1. The minimum Gasteiger partial charge on any atom is -0.481 e. The second-order valence-electron chi connectivity index (χ2n) is 7.36. The van der Waals surface area contributed by atoms with Gasteiger partial charge in [-0.15, -0.1) is 0 Å². The summed E-state index contributed by atoms with van der Waals surface area (Å²) in [6.45, 7) is 5.49. The van der Waals surface area contributed by atoms with Gasteiger partial charge in [-0.1, -0.05) is 18.2 Å². The van der Waals surface area contributed by atoms with Crippen LogP contribution in [-0.2, 0) is 4.79 Å². The number of nitrogens with one attached hydrogen (secondary N) is 4. The molecule has 4 amide bonds. The van der Waals surface area contributed by atoms with E-state index in [9.17, 15) is 14.4 Å². The molecule has 1 fully saturated rings. The molecule has 8 nitrogen and oxygen atoms in total. The Hall–Kier alpha value is -3.55. The molecule has 3 rings (SSSR count). The molecule has 0 spiro atoms. The van der Waals surface area contributed by atoms with E-state index in [-0.39, 0.29) is 12.1 Å². The minimum absolute atomic E-state index is 0.236. The van der Waals surface area contributed by atoms with Crippen molar-refractivity contribution in [1.29, 1.82) is 0 Å². The number of rotatable bonds is 6. The topological polar surface area (TPSA) is 109 Å². The first-order valence-corrected chi connectivity index (χ1v) is 9.84. The Labute approximate surface area is 175 Å². The number of benzene rings is 2. The van der Waals surface area contributed by atoms with E-state index < -0.39 is 17.9 Å². The van der Waals surface area contributed by atoms with Crippen molar-refractivity contribution in [2.75, 3.05) is 5.32 Å². The van der Waals surface area contributed by atoms with Gasteiger partial charge in [0.15, 0.2) is 6.10 Å². The fourth-order valence-electron chi connectivity index (χ4n) is 2.71. The van der Waals surface area contributed by atoms with Crippen LogP contribution < -0.4 is 26.2 Å². The van der Waals surface area contributed by atoms with Crippen molar-refractivity contribution in [2.24, 2.45) is 0 Å². The Bertz CT molecular complexity index is 956. The van der Waals surface area contributed by atoms with Crippen LogP contribution in [0.4, 0.5) is 10.5 Å². The molecule has 30 heavy (non-hydrogen) atoms. The average Bonchev–Trinajstić information content (AvgIpc) is 3.53. The van der Waals surface area contributed by atoms with Crippen molar-refractivity contribution in [3.8, 4) is 5.75 Å². The minimum atomic E-state index is -0.801. The van der Waals surface area contributed by atoms with Crippen LogP contribution in [-0.4, -0.2) is 30.0 Å². The maximum Gasteiger partial charge on any atom is 0.319 e. The zero-order chi connectivity index (χ0) is 21.7. The second kappa shape index (κ2) is 9.30. The van der Waals surface area contributed by atoms with Crippen molar-refractivity contribution in [1.82, 2.24) is 16.2 Å². The van der Waals surface area contributed by atoms with E-state index in [4.69, 9.17) is 4.74 Å². The van der Waals surface area contributed by atoms with Crippen LogP contribution >= 0.6 is 0 Å². The summed E-state index contributed by atoms with van der Waals surface area (Å²) in [6, 6.07) is 12.0. The lowest BCUT2D eigenvalue weighted by molar-refractivity contribution is -0.128. The summed E-state index contributed by atoms with van der Waals surface area (Å²) in [5.74, 6) is -0.372. The van der Waals surface area contributed by atoms with Gasteiger partial charge in [0.1, 0.15) is 5.75 Å². The molecule has 8 heteroatoms. The van der Waals surface area contributed by atoms with Gasteiger partial charge in [-0.25, -0.2) is 4.79 Å². The number of hydrogen-bond donors (Lipinski definition) is 4. The number of carbonyl (C=O) groups excluding carboxylic acids is 3. The molecule has 2 aromatic carbocycles. The van der Waals surface area contributed by atoms with Crippen LogP contribution in [0.2, 0.25) is 0 Å². The first-order chi connectivity index (χ1) is 14.3. The summed E-state index contributed by atoms with van der Waals surface area (Å²) in [6.07, 6.45) is 1.17. The Morgan fingerprint density at radius 2 is 1.77 bits per heavy atom. The third-order valence-electron chi connectivity index (χ3n) is 4.82. The maximum absolute atomic E-state index is 12.4. The summed E-state index contributed by atoms with van der Waals surface area (Å²) in [4.78, 5) is 36.5. The molecule has 0 aliphatic heterocycles. The van der Waals surface area contributed by atoms with E-state index in [2.05, 4.69) is 21.5 Å². The van der Waals surface area contributed by atoms with Crippen molar-refractivity contribution in [2.45, 2.75) is 45.8 Å². The standard InChI is InChI=1S/C22H26N4O4/c1-13-6-4-9-19(14(13)2)30-15(3)20(27)25-26-21(28)16-7-5-8-18(12-16)24-22(29)23-17-10-11-17/h4-9,12,15,17H,10-11H2,1-3H3,(H,25,27)(H,26,28)(H2,23,24,29). The molecule has 1 saturated carbocycles. The molecular weight excluding hydrogens is 384 g/mol. The number of hydrogen-bond acceptors (Lipinski definition) is 4. The van der Waals surface area contributed by atoms with Gasteiger partial charge in [0.05, 0.1) is 0 Å². The fraction of sp³-hybridized carbons (Fsp3) is 0.318. The third kappa shape index (κ3) is 5.73. The van der Waals surface area contributed by atoms with Gasteiger partial charge in [-0.05, 0) is 69.0 Å². The molecule has 1 aliphatic rings. The summed E-state index contributed by atoms with van der Waals surface area (Å²) in [5.41, 5.74) is 7.53. The number of amides is 4. The van der Waals surface area contributed by atoms with Crippen molar-refractivity contribution >= 4 is 23.5 Å². The van der Waals surface area contributed by atoms with Gasteiger partial charge in [0.2, 0.25) is 0 Å². The first-order valence-electron chi connectivity index (χ1n) is 9.84. The zero-order valence-corrected chi connectivity index (χ0v) is 17.2. The molecular formula is C22H26N4O4. The number of carbonyl (C=O) groups is 3. The Kier molecular flexibility index (Phi) is 6.56. The Balaban J connectivity index is 1.51. The number of aryl methyl sites for hydroxylation is 1. The second-order valence-corrected chi connectivity index (χ2v) is 7.36. The lowest BCUT2D eigenvalue weighted by Crippen LogP contribution is -2.47. The van der Waals surface area contributed by atoms with Crippen LogP contribution in [0.25, 0.3) is 0 Å². The smallest absolute Gasteiger partial charge is 0.319 e. The van der Waals surface area contributed by atoms with E-state index in [1.807, 2.05) is 26.0 Å². The van der Waals surface area contributed by atoms with Gasteiger partial charge in [-0.2, -0.15) is 0 Å². The summed E-state index contributed by atoms with van der Waals surface area (Å²) >= 11 is 0. The van der Waals surface area contributed by atoms with E-state index in [1.54, 1.807) is 31.2 Å². The highest BCUT2D eigenvalue weighted by Crippen LogP contribution is 2.22. The van der Waals surface area contributed by atoms with Gasteiger partial charge in [0, 0.05) is 17.3 Å². The average molecular weight is 410 g/mol. The SMILES string of the molecule is Cc1cccc(OC(C)C(=O)NNC(=O)c2cccc(NC(=O)NC3CC3)c2)c1C. The number of hydrazine groups is 1. The van der Waals surface area contributed by atoms with Gasteiger partial charge in [-0.3, -0.25) is 20.4 Å². The van der Waals surface area contributed by atoms with E-state index in [1.165, 1.54) is 6.07 Å².